The molecule has 8 N–H and O–H groups in total. The summed E-state index contributed by atoms with van der Waals surface area (Å²) >= 11 is 0. The highest BCUT2D eigenvalue weighted by atomic mass is 16.8. The largest absolute Gasteiger partial charge is 0.394 e. The summed E-state index contributed by atoms with van der Waals surface area (Å²) in [5, 5.41) is 76.4. The van der Waals surface area contributed by atoms with E-state index in [9.17, 15) is 30.6 Å². The van der Waals surface area contributed by atoms with Crippen LogP contribution in [0.1, 0.15) is 0 Å². The molecule has 0 bridgehead atoms. The van der Waals surface area contributed by atoms with Gasteiger partial charge in [-0.25, -0.2) is 0 Å². The van der Waals surface area contributed by atoms with E-state index < -0.39 is 74.6 Å². The third-order valence-corrected chi connectivity index (χ3v) is 3.97. The zero-order valence-electron chi connectivity index (χ0n) is 12.0. The third-order valence-electron chi connectivity index (χ3n) is 3.97. The first-order valence-corrected chi connectivity index (χ1v) is 7.08. The fraction of sp³-hybridized carbons (Fsp3) is 1.00. The average molecular weight is 342 g/mol. The van der Waals surface area contributed by atoms with Gasteiger partial charge in [-0.05, 0) is 0 Å². The van der Waals surface area contributed by atoms with E-state index in [0.29, 0.717) is 0 Å². The Morgan fingerprint density at radius 1 is 0.565 bits per heavy atom. The van der Waals surface area contributed by atoms with E-state index in [-0.39, 0.29) is 0 Å². The van der Waals surface area contributed by atoms with Gasteiger partial charge in [-0.1, -0.05) is 0 Å². The number of aliphatic hydroxyl groups excluding tert-OH is 8. The quantitative estimate of drug-likeness (QED) is 0.243. The van der Waals surface area contributed by atoms with Crippen molar-refractivity contribution < 1.29 is 55.1 Å². The van der Waals surface area contributed by atoms with Gasteiger partial charge in [0, 0.05) is 0 Å². The molecule has 0 spiro atoms. The SMILES string of the molecule is OCC1O[C@@H](OC2OC(CO)C(O)[C@H](O)[C@@H]2O)C(O)[C@@H](O)C1O. The van der Waals surface area contributed by atoms with Gasteiger partial charge < -0.3 is 55.1 Å². The Bertz CT molecular complexity index is 344. The van der Waals surface area contributed by atoms with Crippen LogP contribution in [0.3, 0.4) is 0 Å². The molecule has 2 fully saturated rings. The molecule has 10 atom stereocenters. The van der Waals surface area contributed by atoms with Crippen molar-refractivity contribution in [1.29, 1.82) is 0 Å². The van der Waals surface area contributed by atoms with Crippen molar-refractivity contribution in [3.8, 4) is 0 Å². The van der Waals surface area contributed by atoms with E-state index in [4.69, 9.17) is 24.4 Å². The molecule has 2 aliphatic rings. The van der Waals surface area contributed by atoms with Crippen molar-refractivity contribution >= 4 is 0 Å². The minimum atomic E-state index is -1.72. The van der Waals surface area contributed by atoms with Gasteiger partial charge in [-0.2, -0.15) is 0 Å². The third kappa shape index (κ3) is 3.65. The monoisotopic (exact) mass is 342 g/mol. The van der Waals surface area contributed by atoms with Crippen LogP contribution in [0.25, 0.3) is 0 Å². The van der Waals surface area contributed by atoms with Crippen LogP contribution in [0, 0.1) is 0 Å². The van der Waals surface area contributed by atoms with Gasteiger partial charge in [0.25, 0.3) is 0 Å². The molecule has 11 nitrogen and oxygen atoms in total. The van der Waals surface area contributed by atoms with E-state index in [2.05, 4.69) is 0 Å². The van der Waals surface area contributed by atoms with E-state index >= 15 is 0 Å². The number of ether oxygens (including phenoxy) is 3. The number of aliphatic hydroxyl groups is 8. The fourth-order valence-electron chi connectivity index (χ4n) is 2.49. The number of rotatable bonds is 4. The summed E-state index contributed by atoms with van der Waals surface area (Å²) in [5.74, 6) is 0. The van der Waals surface area contributed by atoms with Crippen molar-refractivity contribution in [3.63, 3.8) is 0 Å². The van der Waals surface area contributed by atoms with Gasteiger partial charge in [0.1, 0.15) is 48.8 Å². The fourth-order valence-corrected chi connectivity index (χ4v) is 2.49. The minimum absolute atomic E-state index is 0.667. The van der Waals surface area contributed by atoms with E-state index in [1.165, 1.54) is 0 Å². The van der Waals surface area contributed by atoms with Gasteiger partial charge in [-0.15, -0.1) is 0 Å². The van der Waals surface area contributed by atoms with Gasteiger partial charge in [0.05, 0.1) is 13.2 Å². The Labute approximate surface area is 130 Å². The Hall–Kier alpha value is -0.440. The molecule has 0 aromatic carbocycles. The van der Waals surface area contributed by atoms with Crippen LogP contribution in [0.15, 0.2) is 0 Å². The smallest absolute Gasteiger partial charge is 0.189 e. The maximum atomic E-state index is 9.84. The summed E-state index contributed by atoms with van der Waals surface area (Å²) in [7, 11) is 0. The van der Waals surface area contributed by atoms with Gasteiger partial charge in [0.15, 0.2) is 12.6 Å². The van der Waals surface area contributed by atoms with Crippen molar-refractivity contribution in [2.45, 2.75) is 61.4 Å². The molecule has 23 heavy (non-hydrogen) atoms. The predicted molar refractivity (Wildman–Crippen MR) is 68.6 cm³/mol. The van der Waals surface area contributed by atoms with Gasteiger partial charge >= 0.3 is 0 Å². The number of hydrogen-bond donors (Lipinski definition) is 8. The molecule has 6 unspecified atom stereocenters. The topological polar surface area (TPSA) is 190 Å². The molecule has 0 aromatic rings. The maximum Gasteiger partial charge on any atom is 0.189 e. The standard InChI is InChI=1S/C12H22O11/c13-1-3-5(15)7(17)9(19)11(21-3)23-12-10(20)8(18)6(16)4(2-14)22-12/h3-20H,1-2H2/t3?,4?,5?,6?,7-,8-,9-,10?,11?,12-/m0/s1. The lowest BCUT2D eigenvalue weighted by atomic mass is 9.98. The van der Waals surface area contributed by atoms with Crippen LogP contribution >= 0.6 is 0 Å². The lowest BCUT2D eigenvalue weighted by molar-refractivity contribution is -0.376. The summed E-state index contributed by atoms with van der Waals surface area (Å²) in [6.07, 6.45) is -15.6. The normalized spacial score (nSPS) is 51.7. The molecular weight excluding hydrogens is 320 g/mol. The lowest BCUT2D eigenvalue weighted by Gasteiger charge is -2.44. The van der Waals surface area contributed by atoms with Crippen LogP contribution in [0.2, 0.25) is 0 Å². The summed E-state index contributed by atoms with van der Waals surface area (Å²) in [5.41, 5.74) is 0. The molecule has 2 aliphatic heterocycles. The van der Waals surface area contributed by atoms with Crippen LogP contribution in [0.5, 0.6) is 0 Å². The van der Waals surface area contributed by atoms with Crippen molar-refractivity contribution in [3.05, 3.63) is 0 Å². The molecule has 136 valence electrons. The zero-order valence-corrected chi connectivity index (χ0v) is 12.0. The molecule has 0 radical (unpaired) electrons. The first-order chi connectivity index (χ1) is 10.8. The molecular formula is C12H22O11. The zero-order chi connectivity index (χ0) is 17.3. The average Bonchev–Trinajstić information content (AvgIpc) is 2.55. The molecule has 0 aliphatic carbocycles. The van der Waals surface area contributed by atoms with Crippen molar-refractivity contribution in [2.75, 3.05) is 13.2 Å². The molecule has 0 amide bonds. The Balaban J connectivity index is 2.07. The van der Waals surface area contributed by atoms with Crippen LogP contribution in [0.4, 0.5) is 0 Å². The molecule has 2 heterocycles. The highest BCUT2D eigenvalue weighted by molar-refractivity contribution is 4.92. The first kappa shape index (κ1) is 18.9. The second kappa shape index (κ2) is 7.63. The van der Waals surface area contributed by atoms with E-state index in [1.54, 1.807) is 0 Å². The first-order valence-electron chi connectivity index (χ1n) is 7.08. The Kier molecular flexibility index (Phi) is 6.27. The molecule has 2 saturated heterocycles. The molecule has 0 saturated carbocycles. The van der Waals surface area contributed by atoms with E-state index in [1.807, 2.05) is 0 Å². The van der Waals surface area contributed by atoms with E-state index in [0.717, 1.165) is 0 Å². The van der Waals surface area contributed by atoms with Crippen LogP contribution in [-0.2, 0) is 14.2 Å². The summed E-state index contributed by atoms with van der Waals surface area (Å²) in [6.45, 7) is -1.33. The second-order valence-corrected chi connectivity index (χ2v) is 5.53. The number of hydrogen-bond acceptors (Lipinski definition) is 11. The second-order valence-electron chi connectivity index (χ2n) is 5.53. The van der Waals surface area contributed by atoms with Crippen LogP contribution in [-0.4, -0.2) is 115 Å². The molecule has 11 heteroatoms. The summed E-state index contributed by atoms with van der Waals surface area (Å²) < 4.78 is 15.3. The van der Waals surface area contributed by atoms with Crippen LogP contribution < -0.4 is 0 Å². The molecule has 2 rings (SSSR count). The Morgan fingerprint density at radius 3 is 1.22 bits per heavy atom. The van der Waals surface area contributed by atoms with Crippen molar-refractivity contribution in [1.82, 2.24) is 0 Å². The summed E-state index contributed by atoms with van der Waals surface area (Å²) in [4.78, 5) is 0. The Morgan fingerprint density at radius 2 is 0.913 bits per heavy atom. The highest BCUT2D eigenvalue weighted by Crippen LogP contribution is 2.27. The predicted octanol–water partition coefficient (Wildman–Crippen LogP) is -5.40. The maximum absolute atomic E-state index is 9.84. The van der Waals surface area contributed by atoms with Crippen molar-refractivity contribution in [2.24, 2.45) is 0 Å². The summed E-state index contributed by atoms with van der Waals surface area (Å²) in [6, 6.07) is 0. The molecule has 0 aromatic heterocycles. The van der Waals surface area contributed by atoms with Gasteiger partial charge in [0.2, 0.25) is 0 Å². The minimum Gasteiger partial charge on any atom is -0.394 e. The lowest BCUT2D eigenvalue weighted by Crippen LogP contribution is -2.63. The van der Waals surface area contributed by atoms with Gasteiger partial charge in [-0.3, -0.25) is 0 Å². The highest BCUT2D eigenvalue weighted by Gasteiger charge is 2.49.